The Morgan fingerprint density at radius 3 is 2.66 bits per heavy atom. The highest BCUT2D eigenvalue weighted by molar-refractivity contribution is 5.95. The van der Waals surface area contributed by atoms with Gasteiger partial charge in [0.05, 0.1) is 12.0 Å². The number of nitrogens with zero attached hydrogens (tertiary/aromatic N) is 2. The summed E-state index contributed by atoms with van der Waals surface area (Å²) < 4.78 is 5.84. The van der Waals surface area contributed by atoms with Gasteiger partial charge in [0.2, 0.25) is 0 Å². The Kier molecular flexibility index (Phi) is 5.33. The van der Waals surface area contributed by atoms with Gasteiger partial charge >= 0.3 is 6.09 Å². The molecule has 0 saturated heterocycles. The largest absolute Gasteiger partial charge is 0.438 e. The van der Waals surface area contributed by atoms with Crippen molar-refractivity contribution in [2.75, 3.05) is 18.6 Å². The summed E-state index contributed by atoms with van der Waals surface area (Å²) in [6.45, 7) is 7.42. The van der Waals surface area contributed by atoms with E-state index in [0.717, 1.165) is 0 Å². The standard InChI is InChI=1S/C27H34N2O6/c1-14-12-26-15(2)10-18-20(25(18,3)4)17(22(26)32)11-16(13-30)21(31)27(26,34)23(14)35-24(33)29(5)19-8-6-7-9-28-19/h6-9,11-12,15,17-18,20-21,23,30-31,34H,10,13H2,1-5H3/t15-,17+,18-,20+,21-,23+,26+,27+/m1/s1. The van der Waals surface area contributed by atoms with Crippen LogP contribution in [0.15, 0.2) is 47.7 Å². The van der Waals surface area contributed by atoms with Crippen molar-refractivity contribution in [3.8, 4) is 0 Å². The number of amides is 1. The molecule has 0 aliphatic heterocycles. The van der Waals surface area contributed by atoms with Crippen LogP contribution in [0.1, 0.15) is 34.1 Å². The molecule has 1 aromatic rings. The number of rotatable bonds is 3. The van der Waals surface area contributed by atoms with Gasteiger partial charge in [0.1, 0.15) is 11.9 Å². The van der Waals surface area contributed by atoms with Crippen molar-refractivity contribution in [2.45, 2.75) is 51.9 Å². The van der Waals surface area contributed by atoms with E-state index in [-0.39, 0.29) is 34.5 Å². The molecule has 1 heterocycles. The second kappa shape index (κ2) is 7.72. The number of fused-ring (bicyclic) bond motifs is 3. The number of anilines is 1. The average molecular weight is 483 g/mol. The number of ketones is 1. The van der Waals surface area contributed by atoms with E-state index in [1.54, 1.807) is 43.5 Å². The Hall–Kier alpha value is -2.55. The smallest absolute Gasteiger partial charge is 0.415 e. The second-order valence-corrected chi connectivity index (χ2v) is 11.4. The fraction of sp³-hybridized carbons (Fsp3) is 0.593. The van der Waals surface area contributed by atoms with E-state index >= 15 is 0 Å². The van der Waals surface area contributed by atoms with Crippen molar-refractivity contribution < 1.29 is 29.6 Å². The molecule has 35 heavy (non-hydrogen) atoms. The maximum atomic E-state index is 14.3. The number of allylic oxidation sites excluding steroid dienone is 1. The van der Waals surface area contributed by atoms with Gasteiger partial charge in [0.15, 0.2) is 17.5 Å². The van der Waals surface area contributed by atoms with Crippen LogP contribution in [0, 0.1) is 34.5 Å². The predicted octanol–water partition coefficient (Wildman–Crippen LogP) is 2.49. The molecular weight excluding hydrogens is 448 g/mol. The monoisotopic (exact) mass is 482 g/mol. The summed E-state index contributed by atoms with van der Waals surface area (Å²) in [4.78, 5) is 32.9. The maximum Gasteiger partial charge on any atom is 0.415 e. The number of hydrogen-bond donors (Lipinski definition) is 3. The third-order valence-corrected chi connectivity index (χ3v) is 9.38. The molecule has 1 amide bonds. The van der Waals surface area contributed by atoms with Crippen LogP contribution in [0.2, 0.25) is 0 Å². The molecule has 8 heteroatoms. The lowest BCUT2D eigenvalue weighted by molar-refractivity contribution is -0.189. The molecule has 2 saturated carbocycles. The zero-order valence-corrected chi connectivity index (χ0v) is 20.8. The van der Waals surface area contributed by atoms with E-state index < -0.39 is 41.8 Å². The Bertz CT molecular complexity index is 1130. The fourth-order valence-corrected chi connectivity index (χ4v) is 7.42. The summed E-state index contributed by atoms with van der Waals surface area (Å²) in [5.74, 6) is -0.319. The number of carbonyl (C=O) groups is 2. The molecule has 2 bridgehead atoms. The molecule has 4 aliphatic carbocycles. The molecule has 0 unspecified atom stereocenters. The van der Waals surface area contributed by atoms with Gasteiger partial charge in [-0.1, -0.05) is 39.0 Å². The maximum absolute atomic E-state index is 14.3. The minimum absolute atomic E-state index is 0.0463. The lowest BCUT2D eigenvalue weighted by Crippen LogP contribution is -2.66. The fourth-order valence-electron chi connectivity index (χ4n) is 7.42. The molecule has 8 atom stereocenters. The number of carbonyl (C=O) groups excluding carboxylic acids is 2. The van der Waals surface area contributed by atoms with Gasteiger partial charge in [0, 0.05) is 19.2 Å². The highest BCUT2D eigenvalue weighted by Gasteiger charge is 2.76. The van der Waals surface area contributed by atoms with Crippen LogP contribution < -0.4 is 4.90 Å². The van der Waals surface area contributed by atoms with Crippen LogP contribution in [-0.4, -0.2) is 63.6 Å². The van der Waals surface area contributed by atoms with Crippen molar-refractivity contribution >= 4 is 17.7 Å². The molecule has 3 N–H and O–H groups in total. The van der Waals surface area contributed by atoms with E-state index in [4.69, 9.17) is 4.74 Å². The van der Waals surface area contributed by atoms with Gasteiger partial charge in [-0.3, -0.25) is 9.69 Å². The molecule has 8 nitrogen and oxygen atoms in total. The number of aliphatic hydroxyl groups excluding tert-OH is 2. The highest BCUT2D eigenvalue weighted by Crippen LogP contribution is 2.71. The zero-order valence-electron chi connectivity index (χ0n) is 20.8. The second-order valence-electron chi connectivity index (χ2n) is 11.4. The number of hydrogen-bond acceptors (Lipinski definition) is 7. The summed E-state index contributed by atoms with van der Waals surface area (Å²) in [5.41, 5.74) is -2.96. The summed E-state index contributed by atoms with van der Waals surface area (Å²) in [7, 11) is 1.51. The Morgan fingerprint density at radius 2 is 2.03 bits per heavy atom. The molecule has 1 aromatic heterocycles. The Morgan fingerprint density at radius 1 is 1.31 bits per heavy atom. The number of Topliss-reactive ketones (excluding diaryl/α,β-unsaturated/α-hetero) is 1. The van der Waals surface area contributed by atoms with Crippen LogP contribution in [0.4, 0.5) is 10.6 Å². The molecule has 1 spiro atoms. The van der Waals surface area contributed by atoms with Gasteiger partial charge in [-0.2, -0.15) is 0 Å². The van der Waals surface area contributed by atoms with E-state index in [9.17, 15) is 24.9 Å². The van der Waals surface area contributed by atoms with E-state index in [1.807, 2.05) is 6.92 Å². The van der Waals surface area contributed by atoms with Crippen LogP contribution in [-0.2, 0) is 9.53 Å². The summed E-state index contributed by atoms with van der Waals surface area (Å²) >= 11 is 0. The van der Waals surface area contributed by atoms with Crippen LogP contribution in [0.5, 0.6) is 0 Å². The van der Waals surface area contributed by atoms with Crippen molar-refractivity contribution in [1.82, 2.24) is 4.98 Å². The van der Waals surface area contributed by atoms with Crippen molar-refractivity contribution in [1.29, 1.82) is 0 Å². The van der Waals surface area contributed by atoms with E-state index in [1.165, 1.54) is 11.9 Å². The van der Waals surface area contributed by atoms with Crippen molar-refractivity contribution in [3.05, 3.63) is 47.7 Å². The molecule has 188 valence electrons. The first kappa shape index (κ1) is 24.2. The number of ether oxygens (including phenoxy) is 1. The van der Waals surface area contributed by atoms with E-state index in [0.29, 0.717) is 17.8 Å². The highest BCUT2D eigenvalue weighted by atomic mass is 16.6. The van der Waals surface area contributed by atoms with Gasteiger partial charge < -0.3 is 20.1 Å². The van der Waals surface area contributed by atoms with Crippen LogP contribution in [0.25, 0.3) is 0 Å². The summed E-state index contributed by atoms with van der Waals surface area (Å²) in [6, 6.07) is 5.12. The first-order valence-corrected chi connectivity index (χ1v) is 12.2. The third kappa shape index (κ3) is 2.99. The van der Waals surface area contributed by atoms with Crippen molar-refractivity contribution in [3.63, 3.8) is 0 Å². The number of aromatic nitrogens is 1. The lowest BCUT2D eigenvalue weighted by Gasteiger charge is -2.48. The topological polar surface area (TPSA) is 120 Å². The minimum Gasteiger partial charge on any atom is -0.438 e. The van der Waals surface area contributed by atoms with Gasteiger partial charge in [0.25, 0.3) is 0 Å². The Labute approximate surface area is 205 Å². The summed E-state index contributed by atoms with van der Waals surface area (Å²) in [6.07, 6.45) is 2.00. The SMILES string of the molecule is CC1=C[C@]23C(=O)[C@@H](C=C(CO)[C@@H](O)[C@]2(O)[C@H]1OC(=O)N(C)c1ccccn1)[C@H]1[C@@H](C[C@H]3C)C1(C)C. The first-order chi connectivity index (χ1) is 16.4. The van der Waals surface area contributed by atoms with Gasteiger partial charge in [-0.25, -0.2) is 9.78 Å². The predicted molar refractivity (Wildman–Crippen MR) is 128 cm³/mol. The number of pyridine rings is 1. The first-order valence-electron chi connectivity index (χ1n) is 12.2. The quantitative estimate of drug-likeness (QED) is 0.566. The van der Waals surface area contributed by atoms with Crippen LogP contribution >= 0.6 is 0 Å². The van der Waals surface area contributed by atoms with Gasteiger partial charge in [-0.15, -0.1) is 0 Å². The molecule has 0 radical (unpaired) electrons. The molecule has 2 fully saturated rings. The molecule has 0 aromatic carbocycles. The zero-order chi connectivity index (χ0) is 25.5. The average Bonchev–Trinajstić information content (AvgIpc) is 3.32. The van der Waals surface area contributed by atoms with Crippen molar-refractivity contribution in [2.24, 2.45) is 34.5 Å². The van der Waals surface area contributed by atoms with Gasteiger partial charge in [-0.05, 0) is 59.8 Å². The number of aliphatic hydroxyl groups is 3. The molecule has 5 rings (SSSR count). The lowest BCUT2D eigenvalue weighted by atomic mass is 9.59. The Balaban J connectivity index is 1.60. The molecule has 4 aliphatic rings. The molecular formula is C27H34N2O6. The normalized spacial score (nSPS) is 41.0. The van der Waals surface area contributed by atoms with E-state index in [2.05, 4.69) is 18.8 Å². The summed E-state index contributed by atoms with van der Waals surface area (Å²) in [5, 5.41) is 34.1. The third-order valence-electron chi connectivity index (χ3n) is 9.38. The van der Waals surface area contributed by atoms with Crippen LogP contribution in [0.3, 0.4) is 0 Å². The minimum atomic E-state index is -2.15.